The van der Waals surface area contributed by atoms with Gasteiger partial charge in [-0.2, -0.15) is 0 Å². The minimum atomic E-state index is -0.728. The fourth-order valence-corrected chi connectivity index (χ4v) is 3.48. The van der Waals surface area contributed by atoms with Crippen LogP contribution in [-0.4, -0.2) is 45.4 Å². The van der Waals surface area contributed by atoms with E-state index in [1.54, 1.807) is 24.3 Å². The smallest absolute Gasteiger partial charge is 0.355 e. The van der Waals surface area contributed by atoms with Crippen molar-refractivity contribution in [3.8, 4) is 0 Å². The lowest BCUT2D eigenvalue weighted by Gasteiger charge is -2.32. The van der Waals surface area contributed by atoms with Gasteiger partial charge in [-0.15, -0.1) is 0 Å². The Balaban J connectivity index is 2.04. The van der Waals surface area contributed by atoms with Gasteiger partial charge >= 0.3 is 11.9 Å². The first kappa shape index (κ1) is 22.0. The first-order chi connectivity index (χ1) is 14.8. The van der Waals surface area contributed by atoms with Gasteiger partial charge in [0.05, 0.1) is 37.7 Å². The zero-order chi connectivity index (χ0) is 22.5. The Morgan fingerprint density at radius 1 is 0.968 bits per heavy atom. The van der Waals surface area contributed by atoms with Crippen LogP contribution < -0.4 is 10.2 Å². The van der Waals surface area contributed by atoms with Gasteiger partial charge in [-0.05, 0) is 49.2 Å². The topological polar surface area (TPSA) is 94.2 Å². The first-order valence-corrected chi connectivity index (χ1v) is 9.59. The second kappa shape index (κ2) is 9.44. The van der Waals surface area contributed by atoms with Gasteiger partial charge in [0.2, 0.25) is 0 Å². The Bertz CT molecular complexity index is 1040. The lowest BCUT2D eigenvalue weighted by molar-refractivity contribution is -0.140. The van der Waals surface area contributed by atoms with Crippen LogP contribution in [0.3, 0.4) is 0 Å². The SMILES string of the molecule is COC(=O)C1=C(C(=O)OC)N(c2ccccc2C(=O)Nc2cc(C)cc(C)c2)COC1. The quantitative estimate of drug-likeness (QED) is 0.738. The third kappa shape index (κ3) is 4.75. The number of carbonyl (C=O) groups excluding carboxylic acids is 3. The molecule has 8 heteroatoms. The summed E-state index contributed by atoms with van der Waals surface area (Å²) >= 11 is 0. The summed E-state index contributed by atoms with van der Waals surface area (Å²) in [7, 11) is 2.44. The molecule has 0 bridgehead atoms. The van der Waals surface area contributed by atoms with Crippen molar-refractivity contribution in [2.24, 2.45) is 0 Å². The molecular formula is C23H24N2O6. The highest BCUT2D eigenvalue weighted by Gasteiger charge is 2.34. The number of carbonyl (C=O) groups is 3. The van der Waals surface area contributed by atoms with Gasteiger partial charge in [0.1, 0.15) is 12.4 Å². The van der Waals surface area contributed by atoms with Crippen molar-refractivity contribution in [2.75, 3.05) is 37.8 Å². The zero-order valence-corrected chi connectivity index (χ0v) is 17.9. The Morgan fingerprint density at radius 2 is 1.61 bits per heavy atom. The molecule has 1 amide bonds. The number of hydrogen-bond donors (Lipinski definition) is 1. The third-order valence-corrected chi connectivity index (χ3v) is 4.75. The molecule has 3 rings (SSSR count). The van der Waals surface area contributed by atoms with Crippen LogP contribution in [0.4, 0.5) is 11.4 Å². The van der Waals surface area contributed by atoms with Crippen LogP contribution in [0.25, 0.3) is 0 Å². The van der Waals surface area contributed by atoms with E-state index in [9.17, 15) is 14.4 Å². The van der Waals surface area contributed by atoms with Gasteiger partial charge < -0.3 is 24.4 Å². The van der Waals surface area contributed by atoms with Crippen LogP contribution >= 0.6 is 0 Å². The number of rotatable bonds is 5. The van der Waals surface area contributed by atoms with Crippen molar-refractivity contribution in [1.82, 2.24) is 0 Å². The molecule has 8 nitrogen and oxygen atoms in total. The molecule has 1 aliphatic heterocycles. The summed E-state index contributed by atoms with van der Waals surface area (Å²) in [6, 6.07) is 12.5. The number of benzene rings is 2. The maximum atomic E-state index is 13.1. The first-order valence-electron chi connectivity index (χ1n) is 9.59. The Kier molecular flexibility index (Phi) is 6.71. The second-order valence-corrected chi connectivity index (χ2v) is 7.06. The van der Waals surface area contributed by atoms with E-state index >= 15 is 0 Å². The second-order valence-electron chi connectivity index (χ2n) is 7.06. The summed E-state index contributed by atoms with van der Waals surface area (Å²) in [5, 5.41) is 2.89. The maximum absolute atomic E-state index is 13.1. The van der Waals surface area contributed by atoms with Crippen molar-refractivity contribution in [2.45, 2.75) is 13.8 Å². The fourth-order valence-electron chi connectivity index (χ4n) is 3.48. The summed E-state index contributed by atoms with van der Waals surface area (Å²) < 4.78 is 15.2. The monoisotopic (exact) mass is 424 g/mol. The number of nitrogens with one attached hydrogen (secondary N) is 1. The number of para-hydroxylation sites is 1. The number of anilines is 2. The lowest BCUT2D eigenvalue weighted by atomic mass is 10.1. The van der Waals surface area contributed by atoms with E-state index in [1.807, 2.05) is 32.0 Å². The van der Waals surface area contributed by atoms with Gasteiger partial charge in [0.15, 0.2) is 0 Å². The van der Waals surface area contributed by atoms with E-state index < -0.39 is 11.9 Å². The molecule has 2 aromatic carbocycles. The largest absolute Gasteiger partial charge is 0.466 e. The number of ether oxygens (including phenoxy) is 3. The molecule has 0 aliphatic carbocycles. The highest BCUT2D eigenvalue weighted by Crippen LogP contribution is 2.30. The molecular weight excluding hydrogens is 400 g/mol. The Morgan fingerprint density at radius 3 is 2.26 bits per heavy atom. The molecule has 0 saturated heterocycles. The summed E-state index contributed by atoms with van der Waals surface area (Å²) in [4.78, 5) is 39.3. The standard InChI is InChI=1S/C23H24N2O6/c1-14-9-15(2)11-16(10-14)24-21(26)17-7-5-6-8-19(17)25-13-31-12-18(22(27)29-3)20(25)23(28)30-4/h5-11H,12-13H2,1-4H3,(H,24,26). The molecule has 0 atom stereocenters. The molecule has 1 aliphatic rings. The van der Waals surface area contributed by atoms with E-state index in [0.717, 1.165) is 11.1 Å². The number of esters is 2. The molecule has 0 saturated carbocycles. The van der Waals surface area contributed by atoms with Gasteiger partial charge in [0, 0.05) is 5.69 Å². The zero-order valence-electron chi connectivity index (χ0n) is 17.9. The predicted molar refractivity (Wildman–Crippen MR) is 115 cm³/mol. The fraction of sp³-hybridized carbons (Fsp3) is 0.261. The van der Waals surface area contributed by atoms with Crippen molar-refractivity contribution >= 4 is 29.2 Å². The van der Waals surface area contributed by atoms with Gasteiger partial charge in [0.25, 0.3) is 5.91 Å². The predicted octanol–water partition coefficient (Wildman–Crippen LogP) is 2.95. The van der Waals surface area contributed by atoms with Crippen LogP contribution in [0, 0.1) is 13.8 Å². The average molecular weight is 424 g/mol. The summed E-state index contributed by atoms with van der Waals surface area (Å²) in [6.45, 7) is 3.75. The summed E-state index contributed by atoms with van der Waals surface area (Å²) in [6.07, 6.45) is 0. The highest BCUT2D eigenvalue weighted by molar-refractivity contribution is 6.10. The number of nitrogens with zero attached hydrogens (tertiary/aromatic N) is 1. The molecule has 0 unspecified atom stereocenters. The van der Waals surface area contributed by atoms with E-state index in [1.165, 1.54) is 19.1 Å². The van der Waals surface area contributed by atoms with Crippen LogP contribution in [0.1, 0.15) is 21.5 Å². The average Bonchev–Trinajstić information content (AvgIpc) is 2.76. The van der Waals surface area contributed by atoms with Crippen LogP contribution in [-0.2, 0) is 23.8 Å². The molecule has 0 aromatic heterocycles. The van der Waals surface area contributed by atoms with Gasteiger partial charge in [-0.1, -0.05) is 18.2 Å². The van der Waals surface area contributed by atoms with Crippen molar-refractivity contribution in [1.29, 1.82) is 0 Å². The third-order valence-electron chi connectivity index (χ3n) is 4.75. The summed E-state index contributed by atoms with van der Waals surface area (Å²) in [5.41, 5.74) is 3.39. The summed E-state index contributed by atoms with van der Waals surface area (Å²) in [5.74, 6) is -1.80. The Labute approximate surface area is 180 Å². The molecule has 0 spiro atoms. The Hall–Kier alpha value is -3.65. The highest BCUT2D eigenvalue weighted by atomic mass is 16.5. The minimum absolute atomic E-state index is 0.0186. The number of hydrogen-bond acceptors (Lipinski definition) is 7. The van der Waals surface area contributed by atoms with Gasteiger partial charge in [-0.3, -0.25) is 4.79 Å². The van der Waals surface area contributed by atoms with Crippen LogP contribution in [0.15, 0.2) is 53.7 Å². The maximum Gasteiger partial charge on any atom is 0.355 e. The normalized spacial score (nSPS) is 13.6. The van der Waals surface area contributed by atoms with Crippen LogP contribution in [0.5, 0.6) is 0 Å². The number of amides is 1. The number of aryl methyl sites for hydroxylation is 2. The lowest BCUT2D eigenvalue weighted by Crippen LogP contribution is -2.39. The van der Waals surface area contributed by atoms with E-state index in [2.05, 4.69) is 5.32 Å². The van der Waals surface area contributed by atoms with Crippen LogP contribution in [0.2, 0.25) is 0 Å². The molecule has 1 N–H and O–H groups in total. The van der Waals surface area contributed by atoms with E-state index in [4.69, 9.17) is 14.2 Å². The van der Waals surface area contributed by atoms with Crippen molar-refractivity contribution < 1.29 is 28.6 Å². The molecule has 2 aromatic rings. The molecule has 31 heavy (non-hydrogen) atoms. The minimum Gasteiger partial charge on any atom is -0.466 e. The van der Waals surface area contributed by atoms with Crippen molar-refractivity contribution in [3.05, 3.63) is 70.4 Å². The van der Waals surface area contributed by atoms with E-state index in [0.29, 0.717) is 16.9 Å². The van der Waals surface area contributed by atoms with Crippen molar-refractivity contribution in [3.63, 3.8) is 0 Å². The molecule has 1 heterocycles. The van der Waals surface area contributed by atoms with Gasteiger partial charge in [-0.25, -0.2) is 9.59 Å². The number of methoxy groups -OCH3 is 2. The molecule has 162 valence electrons. The molecule has 0 fully saturated rings. The molecule has 0 radical (unpaired) electrons. The van der Waals surface area contributed by atoms with E-state index in [-0.39, 0.29) is 30.5 Å².